The number of anilines is 1. The van der Waals surface area contributed by atoms with E-state index < -0.39 is 11.2 Å². The molecule has 3 aromatic rings. The number of benzene rings is 1. The van der Waals surface area contributed by atoms with Crippen LogP contribution in [0.2, 0.25) is 0 Å². The highest BCUT2D eigenvalue weighted by Gasteiger charge is 2.16. The zero-order chi connectivity index (χ0) is 21.5. The van der Waals surface area contributed by atoms with Gasteiger partial charge in [0.25, 0.3) is 5.56 Å². The molecule has 0 aliphatic carbocycles. The normalized spacial score (nSPS) is 11.5. The predicted octanol–water partition coefficient (Wildman–Crippen LogP) is 2.94. The SMILES string of the molecule is CCCCCCCCn1c(N/N=C/c2ccccc2O)nc2c1c(=O)[nH]c(=O)n2C. The lowest BCUT2D eigenvalue weighted by molar-refractivity contribution is 0.474. The van der Waals surface area contributed by atoms with E-state index in [9.17, 15) is 14.7 Å². The van der Waals surface area contributed by atoms with Crippen LogP contribution >= 0.6 is 0 Å². The summed E-state index contributed by atoms with van der Waals surface area (Å²) in [5.41, 5.74) is 3.06. The number of aryl methyl sites for hydroxylation is 2. The molecule has 9 heteroatoms. The molecule has 0 amide bonds. The van der Waals surface area contributed by atoms with E-state index in [1.54, 1.807) is 35.9 Å². The zero-order valence-electron chi connectivity index (χ0n) is 17.4. The lowest BCUT2D eigenvalue weighted by Gasteiger charge is -2.08. The average Bonchev–Trinajstić information content (AvgIpc) is 3.09. The molecule has 1 aromatic carbocycles. The van der Waals surface area contributed by atoms with Gasteiger partial charge in [-0.2, -0.15) is 10.1 Å². The van der Waals surface area contributed by atoms with Gasteiger partial charge in [0.05, 0.1) is 6.21 Å². The van der Waals surface area contributed by atoms with Crippen LogP contribution in [0, 0.1) is 0 Å². The number of hydrazone groups is 1. The number of aromatic hydroxyl groups is 1. The number of imidazole rings is 1. The van der Waals surface area contributed by atoms with Crippen LogP contribution in [-0.4, -0.2) is 30.4 Å². The molecule has 0 saturated heterocycles. The van der Waals surface area contributed by atoms with Crippen LogP contribution < -0.4 is 16.7 Å². The maximum absolute atomic E-state index is 12.5. The summed E-state index contributed by atoms with van der Waals surface area (Å²) in [6, 6.07) is 6.83. The van der Waals surface area contributed by atoms with E-state index in [1.165, 1.54) is 30.0 Å². The Balaban J connectivity index is 1.87. The van der Waals surface area contributed by atoms with E-state index >= 15 is 0 Å². The van der Waals surface area contributed by atoms with Crippen molar-refractivity contribution >= 4 is 23.3 Å². The molecule has 0 unspecified atom stereocenters. The molecule has 0 aliphatic heterocycles. The zero-order valence-corrected chi connectivity index (χ0v) is 17.4. The van der Waals surface area contributed by atoms with Crippen LogP contribution in [0.3, 0.4) is 0 Å². The molecule has 0 atom stereocenters. The highest BCUT2D eigenvalue weighted by atomic mass is 16.3. The molecule has 0 spiro atoms. The first-order valence-corrected chi connectivity index (χ1v) is 10.3. The minimum Gasteiger partial charge on any atom is -0.507 e. The van der Waals surface area contributed by atoms with Gasteiger partial charge in [0.2, 0.25) is 5.95 Å². The first-order valence-electron chi connectivity index (χ1n) is 10.3. The summed E-state index contributed by atoms with van der Waals surface area (Å²) in [5.74, 6) is 0.486. The predicted molar refractivity (Wildman–Crippen MR) is 118 cm³/mol. The first kappa shape index (κ1) is 21.4. The number of aromatic nitrogens is 4. The fraction of sp³-hybridized carbons (Fsp3) is 0.429. The molecule has 3 rings (SSSR count). The lowest BCUT2D eigenvalue weighted by atomic mass is 10.1. The van der Waals surface area contributed by atoms with Gasteiger partial charge in [0, 0.05) is 19.2 Å². The summed E-state index contributed by atoms with van der Waals surface area (Å²) in [6.45, 7) is 2.76. The standard InChI is InChI=1S/C21H28N6O3/c1-3-4-5-6-7-10-13-27-17-18(26(2)21(30)24-19(17)29)23-20(27)25-22-14-15-11-8-9-12-16(15)28/h8-9,11-12,14,28H,3-7,10,13H2,1-2H3,(H,23,25)(H,24,29,30)/b22-14+. The van der Waals surface area contributed by atoms with Gasteiger partial charge in [0.15, 0.2) is 11.2 Å². The number of nitrogens with one attached hydrogen (secondary N) is 2. The van der Waals surface area contributed by atoms with Crippen LogP contribution in [0.5, 0.6) is 5.75 Å². The summed E-state index contributed by atoms with van der Waals surface area (Å²) in [6.07, 6.45) is 8.17. The van der Waals surface area contributed by atoms with Crippen molar-refractivity contribution in [2.24, 2.45) is 12.1 Å². The van der Waals surface area contributed by atoms with Crippen molar-refractivity contribution in [2.45, 2.75) is 52.0 Å². The third-order valence-corrected chi connectivity index (χ3v) is 5.05. The number of nitrogens with zero attached hydrogens (tertiary/aromatic N) is 4. The maximum Gasteiger partial charge on any atom is 0.329 e. The smallest absolute Gasteiger partial charge is 0.329 e. The Bertz CT molecular complexity index is 1140. The Morgan fingerprint density at radius 3 is 2.67 bits per heavy atom. The number of hydrogen-bond acceptors (Lipinski definition) is 6. The van der Waals surface area contributed by atoms with Crippen molar-refractivity contribution < 1.29 is 5.11 Å². The van der Waals surface area contributed by atoms with Crippen molar-refractivity contribution in [1.29, 1.82) is 0 Å². The van der Waals surface area contributed by atoms with Crippen molar-refractivity contribution in [3.8, 4) is 5.75 Å². The van der Waals surface area contributed by atoms with E-state index in [0.29, 0.717) is 29.2 Å². The van der Waals surface area contributed by atoms with Crippen molar-refractivity contribution in [1.82, 2.24) is 19.1 Å². The molecule has 2 heterocycles. The number of phenols is 1. The van der Waals surface area contributed by atoms with E-state index in [2.05, 4.69) is 27.4 Å². The number of aromatic amines is 1. The van der Waals surface area contributed by atoms with Crippen LogP contribution in [0.15, 0.2) is 39.0 Å². The highest BCUT2D eigenvalue weighted by Crippen LogP contribution is 2.18. The number of phenolic OH excluding ortho intramolecular Hbond substituents is 1. The molecule has 9 nitrogen and oxygen atoms in total. The fourth-order valence-corrected chi connectivity index (χ4v) is 3.34. The van der Waals surface area contributed by atoms with Gasteiger partial charge in [-0.15, -0.1) is 0 Å². The third-order valence-electron chi connectivity index (χ3n) is 5.05. The molecule has 160 valence electrons. The fourth-order valence-electron chi connectivity index (χ4n) is 3.34. The Kier molecular flexibility index (Phi) is 7.05. The van der Waals surface area contributed by atoms with E-state index in [-0.39, 0.29) is 5.75 Å². The molecule has 0 radical (unpaired) electrons. The molecule has 3 N–H and O–H groups in total. The molecule has 2 aromatic heterocycles. The monoisotopic (exact) mass is 412 g/mol. The van der Waals surface area contributed by atoms with Gasteiger partial charge >= 0.3 is 5.69 Å². The van der Waals surface area contributed by atoms with Gasteiger partial charge in [-0.25, -0.2) is 10.2 Å². The van der Waals surface area contributed by atoms with Gasteiger partial charge in [0.1, 0.15) is 5.75 Å². The molecule has 0 aliphatic rings. The molecule has 0 saturated carbocycles. The largest absolute Gasteiger partial charge is 0.507 e. The summed E-state index contributed by atoms with van der Waals surface area (Å²) in [7, 11) is 1.57. The minimum atomic E-state index is -0.513. The third kappa shape index (κ3) is 4.79. The van der Waals surface area contributed by atoms with Gasteiger partial charge in [-0.1, -0.05) is 51.2 Å². The number of rotatable bonds is 10. The molecule has 0 fully saturated rings. The second kappa shape index (κ2) is 9.91. The number of unbranched alkanes of at least 4 members (excludes halogenated alkanes) is 5. The van der Waals surface area contributed by atoms with E-state index in [4.69, 9.17) is 0 Å². The lowest BCUT2D eigenvalue weighted by Crippen LogP contribution is -2.29. The van der Waals surface area contributed by atoms with Crippen LogP contribution in [0.1, 0.15) is 51.0 Å². The van der Waals surface area contributed by atoms with Gasteiger partial charge in [-0.3, -0.25) is 14.3 Å². The number of H-pyrrole nitrogens is 1. The van der Waals surface area contributed by atoms with Crippen molar-refractivity contribution in [3.05, 3.63) is 50.7 Å². The van der Waals surface area contributed by atoms with Crippen LogP contribution in [-0.2, 0) is 13.6 Å². The summed E-state index contributed by atoms with van der Waals surface area (Å²) in [5, 5.41) is 14.0. The second-order valence-electron chi connectivity index (χ2n) is 7.27. The number of para-hydroxylation sites is 1. The summed E-state index contributed by atoms with van der Waals surface area (Å²) in [4.78, 5) is 31.2. The topological polar surface area (TPSA) is 117 Å². The van der Waals surface area contributed by atoms with Crippen molar-refractivity contribution in [2.75, 3.05) is 5.43 Å². The van der Waals surface area contributed by atoms with Gasteiger partial charge in [-0.05, 0) is 18.6 Å². The summed E-state index contributed by atoms with van der Waals surface area (Å²) < 4.78 is 3.07. The van der Waals surface area contributed by atoms with Crippen LogP contribution in [0.4, 0.5) is 5.95 Å². The Labute approximate surface area is 174 Å². The Morgan fingerprint density at radius 1 is 1.17 bits per heavy atom. The van der Waals surface area contributed by atoms with Gasteiger partial charge < -0.3 is 9.67 Å². The second-order valence-corrected chi connectivity index (χ2v) is 7.27. The minimum absolute atomic E-state index is 0.113. The Morgan fingerprint density at radius 2 is 1.90 bits per heavy atom. The Hall–Kier alpha value is -3.36. The number of fused-ring (bicyclic) bond motifs is 1. The van der Waals surface area contributed by atoms with Crippen molar-refractivity contribution in [3.63, 3.8) is 0 Å². The maximum atomic E-state index is 12.5. The molecule has 0 bridgehead atoms. The quantitative estimate of drug-likeness (QED) is 0.269. The first-order chi connectivity index (χ1) is 14.5. The average molecular weight is 412 g/mol. The molecular weight excluding hydrogens is 384 g/mol. The van der Waals surface area contributed by atoms with E-state index in [1.807, 2.05) is 0 Å². The molecular formula is C21H28N6O3. The van der Waals surface area contributed by atoms with E-state index in [0.717, 1.165) is 19.3 Å². The summed E-state index contributed by atoms with van der Waals surface area (Å²) >= 11 is 0. The highest BCUT2D eigenvalue weighted by molar-refractivity contribution is 5.83. The molecule has 30 heavy (non-hydrogen) atoms. The van der Waals surface area contributed by atoms with Crippen LogP contribution in [0.25, 0.3) is 11.2 Å². The number of hydrogen-bond donors (Lipinski definition) is 3.